The Morgan fingerprint density at radius 2 is 1.86 bits per heavy atom. The normalized spacial score (nSPS) is 19.4. The van der Waals surface area contributed by atoms with E-state index in [2.05, 4.69) is 42.5 Å². The number of likely N-dealkylation sites (tertiary alicyclic amines) is 2. The Morgan fingerprint density at radius 1 is 1.07 bits per heavy atom. The van der Waals surface area contributed by atoms with Gasteiger partial charge >= 0.3 is 0 Å². The first-order chi connectivity index (χ1) is 28.4. The number of aryl methyl sites for hydroxylation is 2. The van der Waals surface area contributed by atoms with E-state index in [1.165, 1.54) is 10.5 Å². The molecule has 2 aliphatic rings. The van der Waals surface area contributed by atoms with E-state index in [0.29, 0.717) is 30.2 Å². The van der Waals surface area contributed by atoms with Crippen LogP contribution in [0.3, 0.4) is 0 Å². The number of thiazole rings is 1. The van der Waals surface area contributed by atoms with Gasteiger partial charge in [0.15, 0.2) is 11.4 Å². The van der Waals surface area contributed by atoms with E-state index in [-0.39, 0.29) is 54.3 Å². The van der Waals surface area contributed by atoms with Crippen LogP contribution in [0.15, 0.2) is 70.7 Å². The molecule has 15 heteroatoms. The van der Waals surface area contributed by atoms with Gasteiger partial charge in [0.1, 0.15) is 24.3 Å². The molecule has 2 saturated heterocycles. The van der Waals surface area contributed by atoms with Crippen molar-refractivity contribution in [1.82, 2.24) is 40.4 Å². The first-order valence-electron chi connectivity index (χ1n) is 20.2. The molecule has 0 unspecified atom stereocenters. The third kappa shape index (κ3) is 8.32. The minimum Gasteiger partial charge on any atom is -0.507 e. The maximum Gasteiger partial charge on any atom is 0.254 e. The molecule has 0 spiro atoms. The van der Waals surface area contributed by atoms with Gasteiger partial charge in [-0.2, -0.15) is 0 Å². The maximum absolute atomic E-state index is 14.2. The van der Waals surface area contributed by atoms with Gasteiger partial charge < -0.3 is 34.7 Å². The number of H-pyrrole nitrogens is 1. The SMILES string of the molecule is Cc1ncsc1-c1ccc([C@H](C)NC(=O)[C@@H]2C[C@@H](O)CN2C(=O)[C@@H](c2cc(OCCN3CC[C@@H](c4c(C)[nH]c5nnc(-c6ccccc6O)cc45)C3)no2)C(C)C)cc1. The summed E-state index contributed by atoms with van der Waals surface area (Å²) >= 11 is 1.59. The van der Waals surface area contributed by atoms with Gasteiger partial charge in [-0.1, -0.05) is 50.2 Å². The van der Waals surface area contributed by atoms with Crippen molar-refractivity contribution >= 4 is 34.2 Å². The van der Waals surface area contributed by atoms with Crippen molar-refractivity contribution in [2.75, 3.05) is 32.8 Å². The number of carbonyl (C=O) groups excluding carboxylic acids is 2. The molecule has 4 N–H and O–H groups in total. The number of para-hydroxylation sites is 1. The number of aromatic hydroxyl groups is 1. The lowest BCUT2D eigenvalue weighted by Crippen LogP contribution is -2.48. The van der Waals surface area contributed by atoms with Crippen LogP contribution in [0.5, 0.6) is 11.6 Å². The van der Waals surface area contributed by atoms with Gasteiger partial charge in [-0.05, 0) is 79.7 Å². The number of aliphatic hydroxyl groups excluding tert-OH is 1. The van der Waals surface area contributed by atoms with Gasteiger partial charge in [0, 0.05) is 54.7 Å². The number of hydrogen-bond acceptors (Lipinski definition) is 12. The number of phenolic OH excluding ortho intramolecular Hbond substituents is 1. The van der Waals surface area contributed by atoms with Crippen LogP contribution in [0, 0.1) is 19.8 Å². The summed E-state index contributed by atoms with van der Waals surface area (Å²) in [5.74, 6) is -0.431. The van der Waals surface area contributed by atoms with Crippen molar-refractivity contribution in [3.05, 3.63) is 94.4 Å². The van der Waals surface area contributed by atoms with Crippen LogP contribution in [0.1, 0.15) is 79.8 Å². The number of ether oxygens (including phenoxy) is 1. The molecular weight excluding hydrogens is 769 g/mol. The monoisotopic (exact) mass is 818 g/mol. The smallest absolute Gasteiger partial charge is 0.254 e. The predicted molar refractivity (Wildman–Crippen MR) is 224 cm³/mol. The van der Waals surface area contributed by atoms with Crippen molar-refractivity contribution in [3.63, 3.8) is 0 Å². The number of fused-ring (bicyclic) bond motifs is 1. The van der Waals surface area contributed by atoms with Gasteiger partial charge in [0.2, 0.25) is 11.8 Å². The zero-order chi connectivity index (χ0) is 41.4. The maximum atomic E-state index is 14.2. The molecule has 2 fully saturated rings. The van der Waals surface area contributed by atoms with E-state index >= 15 is 0 Å². The third-order valence-electron chi connectivity index (χ3n) is 11.7. The third-order valence-corrected chi connectivity index (χ3v) is 12.7. The second-order valence-corrected chi connectivity index (χ2v) is 17.0. The molecule has 5 atom stereocenters. The van der Waals surface area contributed by atoms with Gasteiger partial charge in [0.25, 0.3) is 5.88 Å². The Morgan fingerprint density at radius 3 is 2.61 bits per heavy atom. The number of nitrogens with zero attached hydrogens (tertiary/aromatic N) is 6. The molecule has 0 saturated carbocycles. The minimum atomic E-state index is -0.830. The molecule has 59 heavy (non-hydrogen) atoms. The second-order valence-electron chi connectivity index (χ2n) is 16.1. The summed E-state index contributed by atoms with van der Waals surface area (Å²) in [4.78, 5) is 40.6. The van der Waals surface area contributed by atoms with E-state index in [1.807, 2.05) is 75.7 Å². The van der Waals surface area contributed by atoms with Crippen LogP contribution in [-0.4, -0.2) is 102 Å². The fourth-order valence-corrected chi connectivity index (χ4v) is 9.45. The number of aromatic nitrogens is 5. The number of aromatic amines is 1. The lowest BCUT2D eigenvalue weighted by Gasteiger charge is -2.29. The number of benzene rings is 2. The summed E-state index contributed by atoms with van der Waals surface area (Å²) in [6.07, 6.45) is 0.292. The highest BCUT2D eigenvalue weighted by molar-refractivity contribution is 7.13. The lowest BCUT2D eigenvalue weighted by atomic mass is 9.91. The highest BCUT2D eigenvalue weighted by Crippen LogP contribution is 2.37. The average Bonchev–Trinajstić information content (AvgIpc) is 4.07. The molecule has 6 heterocycles. The van der Waals surface area contributed by atoms with Crippen molar-refractivity contribution < 1.29 is 29.1 Å². The molecule has 14 nitrogen and oxygen atoms in total. The molecule has 2 aromatic carbocycles. The van der Waals surface area contributed by atoms with Gasteiger partial charge in [-0.3, -0.25) is 14.5 Å². The fourth-order valence-electron chi connectivity index (χ4n) is 8.64. The summed E-state index contributed by atoms with van der Waals surface area (Å²) in [6.45, 7) is 12.6. The Bertz CT molecular complexity index is 2440. The first-order valence-corrected chi connectivity index (χ1v) is 21.1. The number of carbonyl (C=O) groups is 2. The molecule has 2 aliphatic heterocycles. The van der Waals surface area contributed by atoms with E-state index < -0.39 is 18.1 Å². The molecule has 4 aromatic heterocycles. The molecule has 6 aromatic rings. The van der Waals surface area contributed by atoms with E-state index in [4.69, 9.17) is 9.26 Å². The number of amides is 2. The van der Waals surface area contributed by atoms with Crippen LogP contribution in [0.25, 0.3) is 32.7 Å². The number of hydrogen-bond donors (Lipinski definition) is 4. The van der Waals surface area contributed by atoms with Gasteiger partial charge in [0.05, 0.1) is 33.9 Å². The van der Waals surface area contributed by atoms with Gasteiger partial charge in [-0.15, -0.1) is 21.5 Å². The highest BCUT2D eigenvalue weighted by Gasteiger charge is 2.43. The van der Waals surface area contributed by atoms with Crippen molar-refractivity contribution in [2.24, 2.45) is 5.92 Å². The molecule has 308 valence electrons. The Labute approximate surface area is 346 Å². The first kappa shape index (κ1) is 40.2. The molecule has 0 bridgehead atoms. The standard InChI is InChI=1S/C44H50N8O6S/c1-24(2)39(44(56)52-22-31(53)18-35(52)43(55)47-25(3)28-10-12-29(13-11-28)41-27(5)45-23-59-41)37-20-38(50-58-37)57-17-16-51-15-14-30(21-51)40-26(4)46-42-33(40)19-34(48-49-42)32-8-6-7-9-36(32)54/h6-13,19-20,23-25,30-31,35,39,53-54H,14-18,21-22H2,1-5H3,(H,46,49)(H,47,55)/t25-,30+,31+,35-,39+/m0/s1. The van der Waals surface area contributed by atoms with E-state index in [0.717, 1.165) is 57.9 Å². The Kier molecular flexibility index (Phi) is 11.5. The zero-order valence-electron chi connectivity index (χ0n) is 33.9. The fraction of sp³-hybridized carbons (Fsp3) is 0.409. The molecule has 2 amide bonds. The van der Waals surface area contributed by atoms with Crippen molar-refractivity contribution in [3.8, 4) is 33.3 Å². The zero-order valence-corrected chi connectivity index (χ0v) is 34.7. The summed E-state index contributed by atoms with van der Waals surface area (Å²) in [5.41, 5.74) is 9.08. The molecule has 0 radical (unpaired) electrons. The van der Waals surface area contributed by atoms with E-state index in [9.17, 15) is 19.8 Å². The van der Waals surface area contributed by atoms with Crippen molar-refractivity contribution in [1.29, 1.82) is 0 Å². The summed E-state index contributed by atoms with van der Waals surface area (Å²) in [5, 5.41) is 38.1. The number of β-amino-alcohol motifs (C(OH)–C–C–N with tert-alkyl or cyclic N) is 1. The average molecular weight is 819 g/mol. The minimum absolute atomic E-state index is 0.0506. The van der Waals surface area contributed by atoms with Crippen LogP contribution in [0.4, 0.5) is 0 Å². The molecular formula is C44H50N8O6S. The van der Waals surface area contributed by atoms with Crippen LogP contribution < -0.4 is 10.1 Å². The number of nitrogens with one attached hydrogen (secondary N) is 2. The van der Waals surface area contributed by atoms with Crippen molar-refractivity contribution in [2.45, 2.75) is 77.5 Å². The Balaban J connectivity index is 0.871. The molecule has 8 rings (SSSR count). The summed E-state index contributed by atoms with van der Waals surface area (Å²) in [6, 6.07) is 17.7. The quantitative estimate of drug-likeness (QED) is 0.0998. The number of rotatable bonds is 13. The van der Waals surface area contributed by atoms with Crippen LogP contribution in [0.2, 0.25) is 0 Å². The largest absolute Gasteiger partial charge is 0.507 e. The summed E-state index contributed by atoms with van der Waals surface area (Å²) in [7, 11) is 0. The lowest BCUT2D eigenvalue weighted by molar-refractivity contribution is -0.141. The topological polar surface area (TPSA) is 183 Å². The van der Waals surface area contributed by atoms with Gasteiger partial charge in [-0.25, -0.2) is 4.98 Å². The summed E-state index contributed by atoms with van der Waals surface area (Å²) < 4.78 is 11.8. The van der Waals surface area contributed by atoms with Crippen LogP contribution >= 0.6 is 11.3 Å². The molecule has 0 aliphatic carbocycles. The number of phenols is 1. The highest BCUT2D eigenvalue weighted by atomic mass is 32.1. The van der Waals surface area contributed by atoms with E-state index in [1.54, 1.807) is 29.5 Å². The predicted octanol–water partition coefficient (Wildman–Crippen LogP) is 6.51. The second kappa shape index (κ2) is 16.9. The number of aliphatic hydroxyl groups is 1. The van der Waals surface area contributed by atoms with Crippen LogP contribution in [-0.2, 0) is 9.59 Å². The Hall–Kier alpha value is -5.64.